The van der Waals surface area contributed by atoms with E-state index in [0.717, 1.165) is 14.3 Å². The van der Waals surface area contributed by atoms with Gasteiger partial charge in [0.25, 0.3) is 10.0 Å². The van der Waals surface area contributed by atoms with Crippen LogP contribution in [0.4, 0.5) is 5.69 Å². The maximum Gasteiger partial charge on any atom is 0.265 e. The van der Waals surface area contributed by atoms with Crippen molar-refractivity contribution in [3.8, 4) is 17.2 Å². The summed E-state index contributed by atoms with van der Waals surface area (Å²) >= 11 is 9.72. The fourth-order valence-electron chi connectivity index (χ4n) is 4.31. The smallest absolute Gasteiger partial charge is 0.265 e. The van der Waals surface area contributed by atoms with Crippen LogP contribution in [0.25, 0.3) is 0 Å². The molecule has 0 bridgehead atoms. The molecular formula is C31H37BrClN3O7S. The number of carbonyl (C=O) groups is 2. The fraction of sp³-hybridized carbons (Fsp3) is 0.355. The first-order valence-corrected chi connectivity index (χ1v) is 16.4. The van der Waals surface area contributed by atoms with Gasteiger partial charge in [0, 0.05) is 28.1 Å². The van der Waals surface area contributed by atoms with Crippen molar-refractivity contribution >= 4 is 55.1 Å². The van der Waals surface area contributed by atoms with E-state index in [1.165, 1.54) is 56.6 Å². The van der Waals surface area contributed by atoms with Crippen LogP contribution in [0.5, 0.6) is 17.2 Å². The first kappa shape index (κ1) is 35.0. The lowest BCUT2D eigenvalue weighted by Crippen LogP contribution is -2.52. The van der Waals surface area contributed by atoms with E-state index in [1.807, 2.05) is 38.1 Å². The van der Waals surface area contributed by atoms with E-state index < -0.39 is 28.5 Å². The molecule has 10 nitrogen and oxygen atoms in total. The maximum atomic E-state index is 14.3. The maximum absolute atomic E-state index is 14.3. The second kappa shape index (κ2) is 15.5. The molecule has 0 aliphatic heterocycles. The molecule has 2 amide bonds. The van der Waals surface area contributed by atoms with Crippen molar-refractivity contribution in [2.75, 3.05) is 32.2 Å². The van der Waals surface area contributed by atoms with E-state index in [2.05, 4.69) is 21.2 Å². The number of amides is 2. The Morgan fingerprint density at radius 3 is 2.11 bits per heavy atom. The molecule has 0 aliphatic carbocycles. The first-order valence-electron chi connectivity index (χ1n) is 13.8. The normalized spacial score (nSPS) is 12.5. The summed E-state index contributed by atoms with van der Waals surface area (Å²) in [5.41, 5.74) is 0.794. The number of methoxy groups -OCH3 is 3. The highest BCUT2D eigenvalue weighted by molar-refractivity contribution is 9.10. The molecule has 3 rings (SSSR count). The standard InChI is InChI=1S/C31H37BrClN3O7S/c1-7-20(2)34-31(38)21(3)35(18-22-8-10-23(32)11-9-22)30(37)19-36(26-16-24(33)12-14-27(26)41-4)44(39,40)25-13-15-28(42-5)29(17-25)43-6/h8-17,20-21H,7,18-19H2,1-6H3,(H,34,38)/t20-,21-/m0/s1. The highest BCUT2D eigenvalue weighted by Crippen LogP contribution is 2.37. The number of carbonyl (C=O) groups excluding carboxylic acids is 2. The molecule has 0 saturated carbocycles. The molecule has 0 saturated heterocycles. The summed E-state index contributed by atoms with van der Waals surface area (Å²) in [5.74, 6) is -0.292. The Balaban J connectivity index is 2.14. The summed E-state index contributed by atoms with van der Waals surface area (Å²) in [5, 5.41) is 3.14. The zero-order valence-corrected chi connectivity index (χ0v) is 28.6. The molecule has 0 unspecified atom stereocenters. The predicted octanol–water partition coefficient (Wildman–Crippen LogP) is 5.66. The minimum absolute atomic E-state index is 0.0448. The number of hydrogen-bond acceptors (Lipinski definition) is 7. The second-order valence-corrected chi connectivity index (χ2v) is 13.2. The number of anilines is 1. The Kier molecular flexibility index (Phi) is 12.3. The van der Waals surface area contributed by atoms with Gasteiger partial charge in [-0.1, -0.05) is 46.6 Å². The molecule has 1 N–H and O–H groups in total. The van der Waals surface area contributed by atoms with E-state index >= 15 is 0 Å². The van der Waals surface area contributed by atoms with Crippen LogP contribution in [-0.2, 0) is 26.2 Å². The number of rotatable bonds is 14. The van der Waals surface area contributed by atoms with Crippen LogP contribution in [0.1, 0.15) is 32.8 Å². The SMILES string of the molecule is CC[C@H](C)NC(=O)[C@H](C)N(Cc1ccc(Br)cc1)C(=O)CN(c1cc(Cl)ccc1OC)S(=O)(=O)c1ccc(OC)c(OC)c1. The zero-order valence-electron chi connectivity index (χ0n) is 25.5. The van der Waals surface area contributed by atoms with Gasteiger partial charge in [-0.05, 0) is 68.3 Å². The van der Waals surface area contributed by atoms with Crippen molar-refractivity contribution in [1.82, 2.24) is 10.2 Å². The van der Waals surface area contributed by atoms with Crippen molar-refractivity contribution in [3.63, 3.8) is 0 Å². The molecule has 0 fully saturated rings. The van der Waals surface area contributed by atoms with Crippen molar-refractivity contribution < 1.29 is 32.2 Å². The average molecular weight is 711 g/mol. The van der Waals surface area contributed by atoms with Gasteiger partial charge < -0.3 is 24.4 Å². The van der Waals surface area contributed by atoms with Gasteiger partial charge in [0.2, 0.25) is 11.8 Å². The number of nitrogens with one attached hydrogen (secondary N) is 1. The molecule has 3 aromatic carbocycles. The van der Waals surface area contributed by atoms with Crippen LogP contribution >= 0.6 is 27.5 Å². The Morgan fingerprint density at radius 1 is 0.909 bits per heavy atom. The van der Waals surface area contributed by atoms with Crippen LogP contribution in [0, 0.1) is 0 Å². The Bertz CT molecular complexity index is 1570. The van der Waals surface area contributed by atoms with Gasteiger partial charge in [0.05, 0.1) is 31.9 Å². The van der Waals surface area contributed by atoms with Gasteiger partial charge >= 0.3 is 0 Å². The number of hydrogen-bond donors (Lipinski definition) is 1. The Hall–Kier alpha value is -3.48. The van der Waals surface area contributed by atoms with Gasteiger partial charge in [-0.25, -0.2) is 8.42 Å². The van der Waals surface area contributed by atoms with Gasteiger partial charge in [-0.2, -0.15) is 0 Å². The van der Waals surface area contributed by atoms with E-state index in [0.29, 0.717) is 12.2 Å². The first-order chi connectivity index (χ1) is 20.9. The number of nitrogens with zero attached hydrogens (tertiary/aromatic N) is 2. The highest BCUT2D eigenvalue weighted by atomic mass is 79.9. The van der Waals surface area contributed by atoms with Crippen molar-refractivity contribution in [2.24, 2.45) is 0 Å². The fourth-order valence-corrected chi connectivity index (χ4v) is 6.17. The minimum atomic E-state index is -4.43. The van der Waals surface area contributed by atoms with E-state index in [-0.39, 0.29) is 45.6 Å². The number of halogens is 2. The molecule has 0 spiro atoms. The van der Waals surface area contributed by atoms with Crippen molar-refractivity contribution in [3.05, 3.63) is 75.7 Å². The molecular weight excluding hydrogens is 674 g/mol. The Labute approximate surface area is 272 Å². The summed E-state index contributed by atoms with van der Waals surface area (Å²) in [6, 6.07) is 14.8. The van der Waals surface area contributed by atoms with E-state index in [1.54, 1.807) is 13.0 Å². The third-order valence-corrected chi connectivity index (χ3v) is 9.59. The van der Waals surface area contributed by atoms with Crippen molar-refractivity contribution in [1.29, 1.82) is 0 Å². The van der Waals surface area contributed by atoms with Crippen LogP contribution in [0.3, 0.4) is 0 Å². The largest absolute Gasteiger partial charge is 0.495 e. The van der Waals surface area contributed by atoms with Gasteiger partial charge in [0.1, 0.15) is 18.3 Å². The summed E-state index contributed by atoms with van der Waals surface area (Å²) < 4.78 is 46.5. The van der Waals surface area contributed by atoms with E-state index in [4.69, 9.17) is 25.8 Å². The quantitative estimate of drug-likeness (QED) is 0.230. The topological polar surface area (TPSA) is 114 Å². The molecule has 3 aromatic rings. The van der Waals surface area contributed by atoms with Gasteiger partial charge in [0.15, 0.2) is 11.5 Å². The number of sulfonamides is 1. The van der Waals surface area contributed by atoms with Crippen LogP contribution in [-0.4, -0.2) is 65.1 Å². The van der Waals surface area contributed by atoms with E-state index in [9.17, 15) is 18.0 Å². The molecule has 2 atom stereocenters. The molecule has 13 heteroatoms. The van der Waals surface area contributed by atoms with Crippen molar-refractivity contribution in [2.45, 2.75) is 50.7 Å². The minimum Gasteiger partial charge on any atom is -0.495 e. The van der Waals surface area contributed by atoms with Gasteiger partial charge in [-0.15, -0.1) is 0 Å². The summed E-state index contributed by atoms with van der Waals surface area (Å²) in [7, 11) is -0.219. The summed E-state index contributed by atoms with van der Waals surface area (Å²) in [6.07, 6.45) is 0.699. The molecule has 0 radical (unpaired) electrons. The lowest BCUT2D eigenvalue weighted by Gasteiger charge is -2.33. The van der Waals surface area contributed by atoms with Gasteiger partial charge in [-0.3, -0.25) is 13.9 Å². The number of benzene rings is 3. The predicted molar refractivity (Wildman–Crippen MR) is 174 cm³/mol. The number of ether oxygens (including phenoxy) is 3. The lowest BCUT2D eigenvalue weighted by molar-refractivity contribution is -0.139. The average Bonchev–Trinajstić information content (AvgIpc) is 3.02. The molecule has 0 aromatic heterocycles. The van der Waals surface area contributed by atoms with Crippen LogP contribution in [0.15, 0.2) is 70.0 Å². The molecule has 238 valence electrons. The molecule has 0 aliphatic rings. The highest BCUT2D eigenvalue weighted by Gasteiger charge is 2.34. The zero-order chi connectivity index (χ0) is 32.6. The molecule has 44 heavy (non-hydrogen) atoms. The summed E-state index contributed by atoms with van der Waals surface area (Å²) in [4.78, 5) is 28.6. The lowest BCUT2D eigenvalue weighted by atomic mass is 10.1. The van der Waals surface area contributed by atoms with Crippen LogP contribution < -0.4 is 23.8 Å². The third kappa shape index (κ3) is 8.36. The summed E-state index contributed by atoms with van der Waals surface area (Å²) in [6.45, 7) is 4.81. The monoisotopic (exact) mass is 709 g/mol. The third-order valence-electron chi connectivity index (χ3n) is 7.07. The Morgan fingerprint density at radius 2 is 1.52 bits per heavy atom. The van der Waals surface area contributed by atoms with Crippen LogP contribution in [0.2, 0.25) is 5.02 Å². The molecule has 0 heterocycles. The second-order valence-electron chi connectivity index (χ2n) is 9.99.